The van der Waals surface area contributed by atoms with Crippen molar-refractivity contribution in [3.05, 3.63) is 88.4 Å². The molecular weight excluding hydrogens is 474 g/mol. The SMILES string of the molecule is Cc1ccc(C(C)C)c(OCC(=O)Nc2ccc(N3CCN(C(=O)c4ccccc4)CC3)c(Cl)c2)c1. The van der Waals surface area contributed by atoms with Crippen molar-refractivity contribution in [2.45, 2.75) is 26.7 Å². The van der Waals surface area contributed by atoms with Crippen molar-refractivity contribution < 1.29 is 14.3 Å². The molecule has 1 aliphatic heterocycles. The van der Waals surface area contributed by atoms with Crippen molar-refractivity contribution in [1.29, 1.82) is 0 Å². The number of piperazine rings is 1. The highest BCUT2D eigenvalue weighted by atomic mass is 35.5. The Kier molecular flexibility index (Phi) is 8.16. The van der Waals surface area contributed by atoms with Crippen molar-refractivity contribution in [2.24, 2.45) is 0 Å². The molecule has 4 rings (SSSR count). The molecular formula is C29H32ClN3O3. The maximum atomic E-state index is 12.7. The molecule has 6 nitrogen and oxygen atoms in total. The van der Waals surface area contributed by atoms with Gasteiger partial charge >= 0.3 is 0 Å². The molecule has 0 aliphatic carbocycles. The fourth-order valence-electron chi connectivity index (χ4n) is 4.34. The minimum atomic E-state index is -0.247. The van der Waals surface area contributed by atoms with E-state index in [1.807, 2.05) is 72.5 Å². The number of carbonyl (C=O) groups excluding carboxylic acids is 2. The summed E-state index contributed by atoms with van der Waals surface area (Å²) in [5.41, 5.74) is 4.37. The fraction of sp³-hybridized carbons (Fsp3) is 0.310. The molecule has 1 saturated heterocycles. The van der Waals surface area contributed by atoms with Gasteiger partial charge in [0.1, 0.15) is 5.75 Å². The molecule has 1 aliphatic rings. The maximum absolute atomic E-state index is 12.7. The van der Waals surface area contributed by atoms with Crippen LogP contribution in [0.3, 0.4) is 0 Å². The summed E-state index contributed by atoms with van der Waals surface area (Å²) >= 11 is 6.58. The van der Waals surface area contributed by atoms with E-state index in [2.05, 4.69) is 24.1 Å². The fourth-order valence-corrected chi connectivity index (χ4v) is 4.64. The third kappa shape index (κ3) is 6.18. The first-order valence-corrected chi connectivity index (χ1v) is 12.6. The molecule has 3 aromatic rings. The van der Waals surface area contributed by atoms with E-state index >= 15 is 0 Å². The Bertz CT molecular complexity index is 1220. The quantitative estimate of drug-likeness (QED) is 0.444. The zero-order valence-electron chi connectivity index (χ0n) is 21.0. The second-order valence-electron chi connectivity index (χ2n) is 9.34. The summed E-state index contributed by atoms with van der Waals surface area (Å²) < 4.78 is 5.84. The molecule has 0 aromatic heterocycles. The van der Waals surface area contributed by atoms with Crippen molar-refractivity contribution in [3.63, 3.8) is 0 Å². The summed E-state index contributed by atoms with van der Waals surface area (Å²) in [6.07, 6.45) is 0. The van der Waals surface area contributed by atoms with Crippen LogP contribution in [-0.2, 0) is 4.79 Å². The first-order chi connectivity index (χ1) is 17.3. The number of anilines is 2. The Hall–Kier alpha value is -3.51. The predicted molar refractivity (Wildman–Crippen MR) is 145 cm³/mol. The van der Waals surface area contributed by atoms with Gasteiger partial charge in [-0.25, -0.2) is 0 Å². The Labute approximate surface area is 217 Å². The Morgan fingerprint density at radius 1 is 0.972 bits per heavy atom. The molecule has 0 atom stereocenters. The van der Waals surface area contributed by atoms with Crippen LogP contribution in [-0.4, -0.2) is 49.5 Å². The topological polar surface area (TPSA) is 61.9 Å². The summed E-state index contributed by atoms with van der Waals surface area (Å²) in [5.74, 6) is 0.836. The standard InChI is InChI=1S/C29H32ClN3O3/c1-20(2)24-11-9-21(3)17-27(24)36-19-28(34)31-23-10-12-26(25(30)18-23)32-13-15-33(16-14-32)29(35)22-7-5-4-6-8-22/h4-12,17-18,20H,13-16,19H2,1-3H3,(H,31,34). The number of hydrogen-bond donors (Lipinski definition) is 1. The number of amides is 2. The van der Waals surface area contributed by atoms with Crippen LogP contribution in [0.4, 0.5) is 11.4 Å². The molecule has 188 valence electrons. The number of benzene rings is 3. The molecule has 1 fully saturated rings. The number of nitrogens with one attached hydrogen (secondary N) is 1. The molecule has 0 unspecified atom stereocenters. The zero-order chi connectivity index (χ0) is 25.7. The molecule has 0 saturated carbocycles. The second kappa shape index (κ2) is 11.5. The van der Waals surface area contributed by atoms with Gasteiger partial charge in [0, 0.05) is 37.4 Å². The van der Waals surface area contributed by atoms with Gasteiger partial charge in [-0.3, -0.25) is 9.59 Å². The normalized spacial score (nSPS) is 13.6. The van der Waals surface area contributed by atoms with Crippen LogP contribution in [0.15, 0.2) is 66.7 Å². The van der Waals surface area contributed by atoms with Crippen LogP contribution in [0.5, 0.6) is 5.75 Å². The van der Waals surface area contributed by atoms with Crippen molar-refractivity contribution in [2.75, 3.05) is 43.0 Å². The highest BCUT2D eigenvalue weighted by Gasteiger charge is 2.23. The van der Waals surface area contributed by atoms with Crippen LogP contribution in [0.25, 0.3) is 0 Å². The van der Waals surface area contributed by atoms with E-state index in [9.17, 15) is 9.59 Å². The highest BCUT2D eigenvalue weighted by molar-refractivity contribution is 6.33. The largest absolute Gasteiger partial charge is 0.483 e. The van der Waals surface area contributed by atoms with Crippen LogP contribution >= 0.6 is 11.6 Å². The smallest absolute Gasteiger partial charge is 0.262 e. The van der Waals surface area contributed by atoms with Crippen LogP contribution in [0, 0.1) is 6.92 Å². The molecule has 0 radical (unpaired) electrons. The van der Waals surface area contributed by atoms with E-state index in [0.717, 1.165) is 22.6 Å². The lowest BCUT2D eigenvalue weighted by Crippen LogP contribution is -2.48. The van der Waals surface area contributed by atoms with E-state index in [4.69, 9.17) is 16.3 Å². The lowest BCUT2D eigenvalue weighted by atomic mass is 10.0. The van der Waals surface area contributed by atoms with Gasteiger partial charge in [-0.2, -0.15) is 0 Å². The van der Waals surface area contributed by atoms with Crippen LogP contribution < -0.4 is 15.0 Å². The van der Waals surface area contributed by atoms with Crippen molar-refractivity contribution in [3.8, 4) is 5.75 Å². The van der Waals surface area contributed by atoms with Crippen LogP contribution in [0.1, 0.15) is 41.3 Å². The number of ether oxygens (including phenoxy) is 1. The first kappa shape index (κ1) is 25.6. The molecule has 7 heteroatoms. The first-order valence-electron chi connectivity index (χ1n) is 12.2. The summed E-state index contributed by atoms with van der Waals surface area (Å²) in [7, 11) is 0. The van der Waals surface area contributed by atoms with Gasteiger partial charge in [-0.15, -0.1) is 0 Å². The lowest BCUT2D eigenvalue weighted by molar-refractivity contribution is -0.118. The molecule has 0 bridgehead atoms. The van der Waals surface area contributed by atoms with E-state index < -0.39 is 0 Å². The number of hydrogen-bond acceptors (Lipinski definition) is 4. The molecule has 3 aromatic carbocycles. The number of carbonyl (C=O) groups is 2. The summed E-state index contributed by atoms with van der Waals surface area (Å²) in [6, 6.07) is 20.9. The number of rotatable bonds is 7. The van der Waals surface area contributed by atoms with Gasteiger partial charge in [-0.05, 0) is 60.4 Å². The van der Waals surface area contributed by atoms with Gasteiger partial charge in [0.05, 0.1) is 10.7 Å². The van der Waals surface area contributed by atoms with Gasteiger partial charge in [0.2, 0.25) is 0 Å². The summed E-state index contributed by atoms with van der Waals surface area (Å²) in [4.78, 5) is 29.3. The van der Waals surface area contributed by atoms with Gasteiger partial charge < -0.3 is 19.9 Å². The number of halogens is 1. The third-order valence-electron chi connectivity index (χ3n) is 6.31. The Balaban J connectivity index is 1.32. The molecule has 0 spiro atoms. The highest BCUT2D eigenvalue weighted by Crippen LogP contribution is 2.30. The zero-order valence-corrected chi connectivity index (χ0v) is 21.7. The predicted octanol–water partition coefficient (Wildman–Crippen LogP) is 5.75. The Morgan fingerprint density at radius 2 is 1.69 bits per heavy atom. The summed E-state index contributed by atoms with van der Waals surface area (Å²) in [6.45, 7) is 8.74. The maximum Gasteiger partial charge on any atom is 0.262 e. The number of aryl methyl sites for hydroxylation is 1. The Morgan fingerprint density at radius 3 is 2.36 bits per heavy atom. The van der Waals surface area contributed by atoms with Gasteiger partial charge in [0.15, 0.2) is 6.61 Å². The van der Waals surface area contributed by atoms with E-state index in [1.165, 1.54) is 0 Å². The minimum Gasteiger partial charge on any atom is -0.483 e. The van der Waals surface area contributed by atoms with Gasteiger partial charge in [-0.1, -0.05) is 55.8 Å². The van der Waals surface area contributed by atoms with E-state index in [0.29, 0.717) is 48.4 Å². The second-order valence-corrected chi connectivity index (χ2v) is 9.75. The van der Waals surface area contributed by atoms with Gasteiger partial charge in [0.25, 0.3) is 11.8 Å². The molecule has 1 heterocycles. The number of nitrogens with zero attached hydrogens (tertiary/aromatic N) is 2. The average Bonchev–Trinajstić information content (AvgIpc) is 2.88. The van der Waals surface area contributed by atoms with E-state index in [-0.39, 0.29) is 18.4 Å². The minimum absolute atomic E-state index is 0.0489. The third-order valence-corrected chi connectivity index (χ3v) is 6.61. The molecule has 2 amide bonds. The van der Waals surface area contributed by atoms with Crippen LogP contribution in [0.2, 0.25) is 5.02 Å². The molecule has 1 N–H and O–H groups in total. The van der Waals surface area contributed by atoms with Crippen molar-refractivity contribution in [1.82, 2.24) is 4.90 Å². The van der Waals surface area contributed by atoms with Crippen molar-refractivity contribution >= 4 is 34.8 Å². The monoisotopic (exact) mass is 505 g/mol. The van der Waals surface area contributed by atoms with E-state index in [1.54, 1.807) is 6.07 Å². The average molecular weight is 506 g/mol. The molecule has 36 heavy (non-hydrogen) atoms. The lowest BCUT2D eigenvalue weighted by Gasteiger charge is -2.36. The summed E-state index contributed by atoms with van der Waals surface area (Å²) in [5, 5.41) is 3.42.